The highest BCUT2D eigenvalue weighted by Crippen LogP contribution is 2.33. The number of carboxylic acid groups (broad SMARTS) is 1. The van der Waals surface area contributed by atoms with Gasteiger partial charge >= 0.3 is 5.97 Å². The number of hydrogen-bond acceptors (Lipinski definition) is 3. The highest BCUT2D eigenvalue weighted by Gasteiger charge is 2.42. The van der Waals surface area contributed by atoms with E-state index in [0.29, 0.717) is 31.1 Å². The number of carbonyl (C=O) groups is 3. The molecule has 6 nitrogen and oxygen atoms in total. The zero-order chi connectivity index (χ0) is 17.5. The molecule has 23 heavy (non-hydrogen) atoms. The minimum absolute atomic E-state index is 0.164. The van der Waals surface area contributed by atoms with Crippen LogP contribution in [0.4, 0.5) is 0 Å². The lowest BCUT2D eigenvalue weighted by Crippen LogP contribution is -2.58. The summed E-state index contributed by atoms with van der Waals surface area (Å²) in [6.07, 6.45) is 4.71. The largest absolute Gasteiger partial charge is 0.480 e. The summed E-state index contributed by atoms with van der Waals surface area (Å²) < 4.78 is 0. The van der Waals surface area contributed by atoms with E-state index in [0.717, 1.165) is 25.7 Å². The van der Waals surface area contributed by atoms with Gasteiger partial charge in [0.25, 0.3) is 0 Å². The SMILES string of the molecule is CCC1CCC(NC(=O)CNC(=O)CCC(C)C)(C(=O)O)CC1. The lowest BCUT2D eigenvalue weighted by molar-refractivity contribution is -0.149. The number of aliphatic carboxylic acids is 1. The van der Waals surface area contributed by atoms with E-state index < -0.39 is 17.4 Å². The van der Waals surface area contributed by atoms with Crippen LogP contribution >= 0.6 is 0 Å². The Morgan fingerprint density at radius 2 is 1.78 bits per heavy atom. The summed E-state index contributed by atoms with van der Waals surface area (Å²) in [6, 6.07) is 0. The molecule has 6 heteroatoms. The van der Waals surface area contributed by atoms with E-state index in [2.05, 4.69) is 17.6 Å². The second kappa shape index (κ2) is 8.89. The van der Waals surface area contributed by atoms with Gasteiger partial charge in [-0.3, -0.25) is 9.59 Å². The molecular formula is C17H30N2O4. The molecular weight excluding hydrogens is 296 g/mol. The van der Waals surface area contributed by atoms with Crippen LogP contribution in [-0.2, 0) is 14.4 Å². The van der Waals surface area contributed by atoms with Crippen molar-refractivity contribution in [3.63, 3.8) is 0 Å². The molecule has 0 heterocycles. The molecule has 1 rings (SSSR count). The predicted octanol–water partition coefficient (Wildman–Crippen LogP) is 2.08. The maximum absolute atomic E-state index is 12.0. The van der Waals surface area contributed by atoms with Crippen LogP contribution in [0.1, 0.15) is 65.7 Å². The maximum atomic E-state index is 12.0. The molecule has 0 atom stereocenters. The van der Waals surface area contributed by atoms with E-state index in [4.69, 9.17) is 0 Å². The van der Waals surface area contributed by atoms with Gasteiger partial charge in [0.2, 0.25) is 11.8 Å². The zero-order valence-corrected chi connectivity index (χ0v) is 14.5. The first-order chi connectivity index (χ1) is 10.8. The van der Waals surface area contributed by atoms with Gasteiger partial charge in [0.15, 0.2) is 0 Å². The van der Waals surface area contributed by atoms with Crippen LogP contribution in [0.5, 0.6) is 0 Å². The van der Waals surface area contributed by atoms with Crippen LogP contribution in [0.25, 0.3) is 0 Å². The first kappa shape index (κ1) is 19.5. The summed E-state index contributed by atoms with van der Waals surface area (Å²) in [7, 11) is 0. The van der Waals surface area contributed by atoms with Gasteiger partial charge in [-0.1, -0.05) is 27.2 Å². The average molecular weight is 326 g/mol. The molecule has 0 aromatic carbocycles. The Kier molecular flexibility index (Phi) is 7.52. The number of carboxylic acids is 1. The quantitative estimate of drug-likeness (QED) is 0.636. The van der Waals surface area contributed by atoms with E-state index in [-0.39, 0.29) is 12.5 Å². The third-order valence-corrected chi connectivity index (χ3v) is 4.72. The summed E-state index contributed by atoms with van der Waals surface area (Å²) >= 11 is 0. The second-order valence-corrected chi connectivity index (χ2v) is 7.00. The third kappa shape index (κ3) is 6.20. The van der Waals surface area contributed by atoms with Crippen LogP contribution in [-0.4, -0.2) is 35.0 Å². The minimum atomic E-state index is -1.18. The number of nitrogens with one attached hydrogen (secondary N) is 2. The summed E-state index contributed by atoms with van der Waals surface area (Å²) in [5, 5.41) is 14.7. The average Bonchev–Trinajstić information content (AvgIpc) is 2.51. The molecule has 1 fully saturated rings. The van der Waals surface area contributed by atoms with Gasteiger partial charge < -0.3 is 15.7 Å². The van der Waals surface area contributed by atoms with Crippen molar-refractivity contribution >= 4 is 17.8 Å². The van der Waals surface area contributed by atoms with E-state index in [9.17, 15) is 19.5 Å². The van der Waals surface area contributed by atoms with Crippen LogP contribution < -0.4 is 10.6 Å². The van der Waals surface area contributed by atoms with Gasteiger partial charge in [0.05, 0.1) is 6.54 Å². The highest BCUT2D eigenvalue weighted by molar-refractivity contribution is 5.90. The van der Waals surface area contributed by atoms with Crippen LogP contribution in [0.2, 0.25) is 0 Å². The molecule has 0 aromatic heterocycles. The summed E-state index contributed by atoms with van der Waals surface area (Å²) in [4.78, 5) is 35.3. The van der Waals surface area contributed by atoms with Gasteiger partial charge in [-0.2, -0.15) is 0 Å². The molecule has 0 radical (unpaired) electrons. The number of rotatable bonds is 8. The molecule has 1 aliphatic carbocycles. The van der Waals surface area contributed by atoms with Crippen molar-refractivity contribution in [1.82, 2.24) is 10.6 Å². The van der Waals surface area contributed by atoms with Crippen molar-refractivity contribution in [2.24, 2.45) is 11.8 Å². The molecule has 2 amide bonds. The second-order valence-electron chi connectivity index (χ2n) is 7.00. The molecule has 0 saturated heterocycles. The van der Waals surface area contributed by atoms with Crippen molar-refractivity contribution in [3.8, 4) is 0 Å². The fourth-order valence-electron chi connectivity index (χ4n) is 2.97. The van der Waals surface area contributed by atoms with Gasteiger partial charge in [-0.05, 0) is 43.9 Å². The van der Waals surface area contributed by atoms with Crippen LogP contribution in [0.3, 0.4) is 0 Å². The van der Waals surface area contributed by atoms with Crippen molar-refractivity contribution < 1.29 is 19.5 Å². The normalized spacial score (nSPS) is 24.3. The smallest absolute Gasteiger partial charge is 0.329 e. The molecule has 3 N–H and O–H groups in total. The van der Waals surface area contributed by atoms with Crippen LogP contribution in [0.15, 0.2) is 0 Å². The van der Waals surface area contributed by atoms with Gasteiger partial charge in [-0.15, -0.1) is 0 Å². The Labute approximate surface area is 138 Å². The highest BCUT2D eigenvalue weighted by atomic mass is 16.4. The Morgan fingerprint density at radius 1 is 1.17 bits per heavy atom. The fourth-order valence-corrected chi connectivity index (χ4v) is 2.97. The zero-order valence-electron chi connectivity index (χ0n) is 14.5. The first-order valence-corrected chi connectivity index (χ1v) is 8.60. The summed E-state index contributed by atoms with van der Waals surface area (Å²) in [5.41, 5.74) is -1.18. The Balaban J connectivity index is 2.46. The molecule has 0 aromatic rings. The van der Waals surface area contributed by atoms with Crippen LogP contribution in [0, 0.1) is 11.8 Å². The van der Waals surface area contributed by atoms with E-state index >= 15 is 0 Å². The van der Waals surface area contributed by atoms with Crippen molar-refractivity contribution in [1.29, 1.82) is 0 Å². The molecule has 0 bridgehead atoms. The lowest BCUT2D eigenvalue weighted by Gasteiger charge is -2.37. The standard InChI is InChI=1S/C17H30N2O4/c1-4-13-7-9-17(10-8-13,16(22)23)19-15(21)11-18-14(20)6-5-12(2)3/h12-13H,4-11H2,1-3H3,(H,18,20)(H,19,21)(H,22,23). The Hall–Kier alpha value is -1.59. The minimum Gasteiger partial charge on any atom is -0.480 e. The van der Waals surface area contributed by atoms with Gasteiger partial charge in [0, 0.05) is 6.42 Å². The van der Waals surface area contributed by atoms with E-state index in [1.165, 1.54) is 0 Å². The van der Waals surface area contributed by atoms with E-state index in [1.807, 2.05) is 13.8 Å². The molecule has 132 valence electrons. The molecule has 0 aliphatic heterocycles. The first-order valence-electron chi connectivity index (χ1n) is 8.60. The van der Waals surface area contributed by atoms with Crippen molar-refractivity contribution in [2.45, 2.75) is 71.3 Å². The lowest BCUT2D eigenvalue weighted by atomic mass is 9.75. The van der Waals surface area contributed by atoms with E-state index in [1.54, 1.807) is 0 Å². The Bertz CT molecular complexity index is 426. The van der Waals surface area contributed by atoms with Gasteiger partial charge in [-0.25, -0.2) is 4.79 Å². The van der Waals surface area contributed by atoms with Crippen molar-refractivity contribution in [3.05, 3.63) is 0 Å². The summed E-state index contributed by atoms with van der Waals surface area (Å²) in [6.45, 7) is 6.00. The maximum Gasteiger partial charge on any atom is 0.329 e. The third-order valence-electron chi connectivity index (χ3n) is 4.72. The summed E-state index contributed by atoms with van der Waals surface area (Å²) in [5.74, 6) is -0.617. The molecule has 1 saturated carbocycles. The molecule has 1 aliphatic rings. The number of amides is 2. The predicted molar refractivity (Wildman–Crippen MR) is 87.8 cm³/mol. The number of hydrogen-bond donors (Lipinski definition) is 3. The fraction of sp³-hybridized carbons (Fsp3) is 0.824. The topological polar surface area (TPSA) is 95.5 Å². The number of carbonyl (C=O) groups excluding carboxylic acids is 2. The van der Waals surface area contributed by atoms with Gasteiger partial charge in [0.1, 0.15) is 5.54 Å². The Morgan fingerprint density at radius 3 is 2.26 bits per heavy atom. The van der Waals surface area contributed by atoms with Crippen molar-refractivity contribution in [2.75, 3.05) is 6.54 Å². The molecule has 0 unspecified atom stereocenters. The monoisotopic (exact) mass is 326 g/mol. The molecule has 0 spiro atoms.